The first-order chi connectivity index (χ1) is 19.4. The van der Waals surface area contributed by atoms with E-state index in [9.17, 15) is 9.59 Å². The van der Waals surface area contributed by atoms with Crippen LogP contribution in [0.15, 0.2) is 41.9 Å². The molecule has 1 saturated carbocycles. The number of likely N-dealkylation sites (N-methyl/N-ethyl adjacent to an activating group) is 1. The molecule has 0 atom stereocenters. The topological polar surface area (TPSA) is 114 Å². The highest BCUT2D eigenvalue weighted by atomic mass is 35.5. The number of unbranched alkanes of at least 4 members (excludes halogenated alkanes) is 1. The Morgan fingerprint density at radius 2 is 2.00 bits per heavy atom. The molecule has 1 aliphatic rings. The largest absolute Gasteiger partial charge is 0.412 e. The van der Waals surface area contributed by atoms with Gasteiger partial charge in [-0.1, -0.05) is 37.3 Å². The summed E-state index contributed by atoms with van der Waals surface area (Å²) < 4.78 is 11.2. The van der Waals surface area contributed by atoms with Crippen LogP contribution in [0.25, 0.3) is 22.3 Å². The molecular weight excluding hydrogens is 550 g/mol. The Morgan fingerprint density at radius 3 is 2.70 bits per heavy atom. The maximum absolute atomic E-state index is 12.8. The van der Waals surface area contributed by atoms with Gasteiger partial charge in [0.2, 0.25) is 0 Å². The van der Waals surface area contributed by atoms with E-state index < -0.39 is 6.09 Å². The minimum absolute atomic E-state index is 0.282. The number of hydrogen-bond acceptors (Lipinski definition) is 8. The molecule has 40 heavy (non-hydrogen) atoms. The van der Waals surface area contributed by atoms with Gasteiger partial charge >= 0.3 is 6.09 Å². The molecule has 1 fully saturated rings. The van der Waals surface area contributed by atoms with Crippen LogP contribution in [-0.2, 0) is 6.54 Å². The van der Waals surface area contributed by atoms with Crippen LogP contribution in [0.1, 0.15) is 42.5 Å². The van der Waals surface area contributed by atoms with Gasteiger partial charge in [-0.05, 0) is 68.3 Å². The summed E-state index contributed by atoms with van der Waals surface area (Å²) in [5.74, 6) is 1.42. The van der Waals surface area contributed by atoms with E-state index in [1.807, 2.05) is 35.8 Å². The van der Waals surface area contributed by atoms with Gasteiger partial charge in [0.1, 0.15) is 5.75 Å². The smallest absolute Gasteiger partial charge is 0.410 e. The second-order valence-corrected chi connectivity index (χ2v) is 11.3. The molecule has 2 amide bonds. The molecule has 0 spiro atoms. The highest BCUT2D eigenvalue weighted by Crippen LogP contribution is 2.35. The van der Waals surface area contributed by atoms with Crippen LogP contribution in [0.5, 0.6) is 5.75 Å². The zero-order chi connectivity index (χ0) is 28.1. The van der Waals surface area contributed by atoms with Crippen molar-refractivity contribution in [3.63, 3.8) is 0 Å². The van der Waals surface area contributed by atoms with Crippen molar-refractivity contribution in [3.05, 3.63) is 52.5 Å². The zero-order valence-corrected chi connectivity index (χ0v) is 24.1. The minimum atomic E-state index is -0.509. The molecule has 210 valence electrons. The molecule has 1 aliphatic carbocycles. The van der Waals surface area contributed by atoms with Crippen molar-refractivity contribution in [2.75, 3.05) is 32.5 Å². The number of anilines is 1. The lowest BCUT2D eigenvalue weighted by molar-refractivity contribution is 0.102. The van der Waals surface area contributed by atoms with E-state index in [1.165, 1.54) is 37.0 Å². The van der Waals surface area contributed by atoms with E-state index in [-0.39, 0.29) is 5.91 Å². The SMILES string of the molecule is CN(C)CCNC(=O)Oc1ccc(-c2nc3c(cc2Cl)c(NC(=O)c2cnsc2)nn3CCCCC2CC2)cc1. The summed E-state index contributed by atoms with van der Waals surface area (Å²) in [6.45, 7) is 1.89. The van der Waals surface area contributed by atoms with Crippen LogP contribution in [0, 0.1) is 5.92 Å². The first-order valence-electron chi connectivity index (χ1n) is 13.4. The van der Waals surface area contributed by atoms with Gasteiger partial charge in [-0.25, -0.2) is 18.8 Å². The molecule has 12 heteroatoms. The molecule has 0 bridgehead atoms. The number of ether oxygens (including phenoxy) is 1. The van der Waals surface area contributed by atoms with E-state index in [2.05, 4.69) is 15.0 Å². The number of aromatic nitrogens is 4. The average molecular weight is 582 g/mol. The van der Waals surface area contributed by atoms with Gasteiger partial charge in [-0.2, -0.15) is 5.10 Å². The molecule has 3 aromatic heterocycles. The molecule has 4 aromatic rings. The molecule has 1 aromatic carbocycles. The summed E-state index contributed by atoms with van der Waals surface area (Å²) >= 11 is 7.93. The molecule has 0 radical (unpaired) electrons. The maximum Gasteiger partial charge on any atom is 0.412 e. The first kappa shape index (κ1) is 28.0. The van der Waals surface area contributed by atoms with Gasteiger partial charge in [0, 0.05) is 30.6 Å². The lowest BCUT2D eigenvalue weighted by Gasteiger charge is -2.11. The monoisotopic (exact) mass is 581 g/mol. The second-order valence-electron chi connectivity index (χ2n) is 10.2. The number of amides is 2. The van der Waals surface area contributed by atoms with Crippen LogP contribution in [0.2, 0.25) is 5.02 Å². The Balaban J connectivity index is 1.36. The first-order valence-corrected chi connectivity index (χ1v) is 14.6. The number of rotatable bonds is 12. The van der Waals surface area contributed by atoms with Crippen LogP contribution in [0.3, 0.4) is 0 Å². The zero-order valence-electron chi connectivity index (χ0n) is 22.5. The van der Waals surface area contributed by atoms with Gasteiger partial charge in [-0.3, -0.25) is 4.79 Å². The Labute approximate surface area is 241 Å². The Hall–Kier alpha value is -3.54. The molecule has 10 nitrogen and oxygen atoms in total. The Morgan fingerprint density at radius 1 is 1.20 bits per heavy atom. The summed E-state index contributed by atoms with van der Waals surface area (Å²) in [4.78, 5) is 31.7. The number of benzene rings is 1. The number of carbonyl (C=O) groups is 2. The number of pyridine rings is 1. The minimum Gasteiger partial charge on any atom is -0.410 e. The van der Waals surface area contributed by atoms with Crippen LogP contribution < -0.4 is 15.4 Å². The fourth-order valence-electron chi connectivity index (χ4n) is 4.33. The fourth-order valence-corrected chi connectivity index (χ4v) is 5.10. The van der Waals surface area contributed by atoms with E-state index in [4.69, 9.17) is 26.4 Å². The van der Waals surface area contributed by atoms with Crippen LogP contribution in [-0.4, -0.2) is 63.2 Å². The van der Waals surface area contributed by atoms with E-state index in [0.29, 0.717) is 58.5 Å². The summed E-state index contributed by atoms with van der Waals surface area (Å²) in [5.41, 5.74) is 2.46. The van der Waals surface area contributed by atoms with E-state index in [0.717, 1.165) is 24.3 Å². The normalized spacial score (nSPS) is 13.1. The third-order valence-corrected chi connectivity index (χ3v) is 7.57. The van der Waals surface area contributed by atoms with Crippen molar-refractivity contribution in [2.45, 2.75) is 38.6 Å². The molecule has 0 saturated heterocycles. The highest BCUT2D eigenvalue weighted by Gasteiger charge is 2.21. The van der Waals surface area contributed by atoms with E-state index in [1.54, 1.807) is 23.6 Å². The van der Waals surface area contributed by atoms with Crippen molar-refractivity contribution in [2.24, 2.45) is 5.92 Å². The van der Waals surface area contributed by atoms with E-state index >= 15 is 0 Å². The third-order valence-electron chi connectivity index (χ3n) is 6.70. The predicted molar refractivity (Wildman–Crippen MR) is 157 cm³/mol. The molecule has 0 unspecified atom stereocenters. The molecular formula is C28H32ClN7O3S. The molecule has 3 heterocycles. The van der Waals surface area contributed by atoms with Crippen molar-refractivity contribution in [1.82, 2.24) is 29.4 Å². The summed E-state index contributed by atoms with van der Waals surface area (Å²) in [6.07, 6.45) is 7.03. The van der Waals surface area contributed by atoms with Crippen LogP contribution in [0.4, 0.5) is 10.6 Å². The quantitative estimate of drug-likeness (QED) is 0.207. The van der Waals surface area contributed by atoms with Crippen molar-refractivity contribution in [1.29, 1.82) is 0 Å². The summed E-state index contributed by atoms with van der Waals surface area (Å²) in [6, 6.07) is 8.82. The third kappa shape index (κ3) is 7.15. The highest BCUT2D eigenvalue weighted by molar-refractivity contribution is 7.03. The lowest BCUT2D eigenvalue weighted by atomic mass is 10.1. The van der Waals surface area contributed by atoms with Crippen molar-refractivity contribution >= 4 is 52.0 Å². The average Bonchev–Trinajstić information content (AvgIpc) is 3.46. The van der Waals surface area contributed by atoms with Gasteiger partial charge in [0.15, 0.2) is 11.5 Å². The Bertz CT molecular complexity index is 1470. The number of nitrogens with zero attached hydrogens (tertiary/aromatic N) is 5. The number of nitrogens with one attached hydrogen (secondary N) is 2. The second kappa shape index (κ2) is 12.8. The standard InChI is InChI=1S/C28H32ClN7O3S/c1-35(2)14-12-30-28(38)39-21-10-8-19(9-11-21)24-23(29)15-22-25(33-27(37)20-16-31-40-17-20)34-36(26(22)32-24)13-4-3-5-18-6-7-18/h8-11,15-18H,3-7,12-14H2,1-2H3,(H,30,38)(H,33,34,37). The van der Waals surface area contributed by atoms with Crippen molar-refractivity contribution < 1.29 is 14.3 Å². The lowest BCUT2D eigenvalue weighted by Crippen LogP contribution is -2.33. The van der Waals surface area contributed by atoms with Gasteiger partial charge in [0.25, 0.3) is 5.91 Å². The van der Waals surface area contributed by atoms with Gasteiger partial charge in [-0.15, -0.1) is 0 Å². The van der Waals surface area contributed by atoms with Gasteiger partial charge in [0.05, 0.1) is 27.9 Å². The van der Waals surface area contributed by atoms with Gasteiger partial charge < -0.3 is 20.3 Å². The number of hydrogen-bond donors (Lipinski definition) is 2. The maximum atomic E-state index is 12.8. The fraction of sp³-hybridized carbons (Fsp3) is 0.393. The van der Waals surface area contributed by atoms with Crippen molar-refractivity contribution in [3.8, 4) is 17.0 Å². The molecule has 5 rings (SSSR count). The number of halogens is 1. The molecule has 0 aliphatic heterocycles. The predicted octanol–water partition coefficient (Wildman–Crippen LogP) is 5.69. The number of aryl methyl sites for hydroxylation is 1. The summed E-state index contributed by atoms with van der Waals surface area (Å²) in [7, 11) is 3.87. The van der Waals surface area contributed by atoms with Crippen LogP contribution >= 0.6 is 23.1 Å². The molecule has 2 N–H and O–H groups in total. The number of fused-ring (bicyclic) bond motifs is 1. The Kier molecular flexibility index (Phi) is 8.93. The summed E-state index contributed by atoms with van der Waals surface area (Å²) in [5, 5.41) is 13.1. The number of carbonyl (C=O) groups excluding carboxylic acids is 2.